The minimum atomic E-state index is -3.05. The number of aliphatic imine (C=N–C) groups is 2. The maximum atomic E-state index is 13.8. The van der Waals surface area contributed by atoms with Gasteiger partial charge in [0.05, 0.1) is 19.2 Å². The zero-order valence-electron chi connectivity index (χ0n) is 16.2. The molecular formula is C18H25F2N7O2. The number of hydrogen-bond acceptors (Lipinski definition) is 5. The van der Waals surface area contributed by atoms with E-state index >= 15 is 0 Å². The van der Waals surface area contributed by atoms with Gasteiger partial charge >= 0.3 is 0 Å². The number of hydrogen-bond donors (Lipinski definition) is 5. The standard InChI is InChI=1S/C18H25F2N7O2/c1-9-5-6-10(8-12(9)29-2)25-16(13(21)15(23)28)27-17(24)26-11-4-3-7-18(19,20)14(11)22/h5-6,8,11,14,21H,3-4,7,22H2,1-2H3,(H2,23,28)(H3,24,25,26,27)/t11-,14-/m1/s1. The van der Waals surface area contributed by atoms with Gasteiger partial charge in [0.25, 0.3) is 11.8 Å². The van der Waals surface area contributed by atoms with E-state index in [0.717, 1.165) is 5.56 Å². The van der Waals surface area contributed by atoms with Crippen LogP contribution in [-0.2, 0) is 4.79 Å². The molecule has 0 unspecified atom stereocenters. The summed E-state index contributed by atoms with van der Waals surface area (Å²) in [6.45, 7) is 1.84. The number of alkyl halides is 2. The summed E-state index contributed by atoms with van der Waals surface area (Å²) in [4.78, 5) is 19.4. The topological polar surface area (TPSA) is 165 Å². The Morgan fingerprint density at radius 3 is 2.69 bits per heavy atom. The van der Waals surface area contributed by atoms with E-state index in [1.165, 1.54) is 7.11 Å². The van der Waals surface area contributed by atoms with Gasteiger partial charge in [0.1, 0.15) is 5.75 Å². The lowest BCUT2D eigenvalue weighted by Crippen LogP contribution is -2.52. The number of benzene rings is 1. The highest BCUT2D eigenvalue weighted by Gasteiger charge is 2.44. The number of nitrogens with two attached hydrogens (primary N) is 3. The first-order chi connectivity index (χ1) is 13.5. The lowest BCUT2D eigenvalue weighted by atomic mass is 9.88. The second-order valence-electron chi connectivity index (χ2n) is 6.74. The average Bonchev–Trinajstić information content (AvgIpc) is 2.65. The number of rotatable bonds is 5. The summed E-state index contributed by atoms with van der Waals surface area (Å²) < 4.78 is 32.8. The van der Waals surface area contributed by atoms with Crippen LogP contribution in [0.3, 0.4) is 0 Å². The molecule has 0 aromatic heterocycles. The van der Waals surface area contributed by atoms with Gasteiger partial charge in [-0.2, -0.15) is 4.99 Å². The zero-order valence-corrected chi connectivity index (χ0v) is 16.2. The molecule has 0 spiro atoms. The van der Waals surface area contributed by atoms with Crippen molar-refractivity contribution < 1.29 is 18.3 Å². The van der Waals surface area contributed by atoms with E-state index < -0.39 is 35.6 Å². The van der Waals surface area contributed by atoms with Gasteiger partial charge in [-0.15, -0.1) is 0 Å². The number of methoxy groups -OCH3 is 1. The quantitative estimate of drug-likeness (QED) is 0.363. The van der Waals surface area contributed by atoms with Crippen LogP contribution < -0.4 is 27.3 Å². The van der Waals surface area contributed by atoms with Crippen molar-refractivity contribution in [3.8, 4) is 5.75 Å². The molecule has 0 heterocycles. The number of anilines is 1. The zero-order chi connectivity index (χ0) is 21.8. The SMILES string of the molecule is COc1cc(N/C(=N/C(N)=N[C@@H]2CCCC(F)(F)[C@@H]2N)C(=N)C(N)=O)ccc1C. The molecule has 11 heteroatoms. The van der Waals surface area contributed by atoms with Crippen LogP contribution in [0.1, 0.15) is 24.8 Å². The predicted octanol–water partition coefficient (Wildman–Crippen LogP) is 1.15. The first kappa shape index (κ1) is 22.2. The molecule has 1 aliphatic carbocycles. The van der Waals surface area contributed by atoms with Gasteiger partial charge in [-0.25, -0.2) is 13.8 Å². The molecule has 158 valence electrons. The number of aryl methyl sites for hydroxylation is 1. The Morgan fingerprint density at radius 2 is 2.07 bits per heavy atom. The first-order valence-electron chi connectivity index (χ1n) is 8.91. The average molecular weight is 409 g/mol. The van der Waals surface area contributed by atoms with Crippen molar-refractivity contribution in [2.24, 2.45) is 27.2 Å². The summed E-state index contributed by atoms with van der Waals surface area (Å²) in [6, 6.07) is 2.65. The number of carbonyl (C=O) groups excluding carboxylic acids is 1. The Labute approximate surface area is 166 Å². The van der Waals surface area contributed by atoms with E-state index in [1.807, 2.05) is 6.92 Å². The summed E-state index contributed by atoms with van der Waals surface area (Å²) in [6.07, 6.45) is 0.271. The van der Waals surface area contributed by atoms with Crippen LogP contribution >= 0.6 is 0 Å². The monoisotopic (exact) mass is 409 g/mol. The fourth-order valence-corrected chi connectivity index (χ4v) is 2.93. The molecule has 1 aliphatic rings. The Balaban J connectivity index is 2.32. The third-order valence-corrected chi connectivity index (χ3v) is 4.59. The van der Waals surface area contributed by atoms with Gasteiger partial charge in [0.2, 0.25) is 5.96 Å². The molecule has 8 N–H and O–H groups in total. The molecule has 2 rings (SSSR count). The summed E-state index contributed by atoms with van der Waals surface area (Å²) in [5, 5.41) is 10.6. The smallest absolute Gasteiger partial charge is 0.270 e. The minimum Gasteiger partial charge on any atom is -0.496 e. The van der Waals surface area contributed by atoms with Crippen LogP contribution in [0, 0.1) is 12.3 Å². The summed E-state index contributed by atoms with van der Waals surface area (Å²) in [7, 11) is 1.50. The predicted molar refractivity (Wildman–Crippen MR) is 108 cm³/mol. The Kier molecular flexibility index (Phi) is 6.85. The fourth-order valence-electron chi connectivity index (χ4n) is 2.93. The van der Waals surface area contributed by atoms with Crippen LogP contribution in [0.5, 0.6) is 5.75 Å². The third-order valence-electron chi connectivity index (χ3n) is 4.59. The molecule has 1 saturated carbocycles. The van der Waals surface area contributed by atoms with Crippen molar-refractivity contribution in [3.05, 3.63) is 23.8 Å². The van der Waals surface area contributed by atoms with Crippen LogP contribution in [0.2, 0.25) is 0 Å². The van der Waals surface area contributed by atoms with Gasteiger partial charge in [-0.3, -0.25) is 10.2 Å². The Morgan fingerprint density at radius 1 is 1.38 bits per heavy atom. The molecule has 9 nitrogen and oxygen atoms in total. The molecule has 29 heavy (non-hydrogen) atoms. The minimum absolute atomic E-state index is 0.247. The number of halogens is 2. The molecule has 0 radical (unpaired) electrons. The van der Waals surface area contributed by atoms with Crippen LogP contribution in [0.25, 0.3) is 0 Å². The lowest BCUT2D eigenvalue weighted by Gasteiger charge is -2.33. The number of amidine groups is 1. The lowest BCUT2D eigenvalue weighted by molar-refractivity contribution is -0.111. The van der Waals surface area contributed by atoms with Crippen molar-refractivity contribution in [1.29, 1.82) is 5.41 Å². The van der Waals surface area contributed by atoms with Crippen molar-refractivity contribution in [2.45, 2.75) is 44.2 Å². The molecular weight excluding hydrogens is 384 g/mol. The van der Waals surface area contributed by atoms with Gasteiger partial charge < -0.3 is 27.3 Å². The van der Waals surface area contributed by atoms with E-state index in [9.17, 15) is 13.6 Å². The van der Waals surface area contributed by atoms with E-state index in [2.05, 4.69) is 15.3 Å². The van der Waals surface area contributed by atoms with Crippen molar-refractivity contribution in [3.63, 3.8) is 0 Å². The van der Waals surface area contributed by atoms with Crippen molar-refractivity contribution in [2.75, 3.05) is 12.4 Å². The molecule has 0 saturated heterocycles. The number of carbonyl (C=O) groups is 1. The summed E-state index contributed by atoms with van der Waals surface area (Å²) >= 11 is 0. The number of nitrogens with zero attached hydrogens (tertiary/aromatic N) is 2. The summed E-state index contributed by atoms with van der Waals surface area (Å²) in [5.41, 5.74) is 17.2. The van der Waals surface area contributed by atoms with Gasteiger partial charge in [-0.05, 0) is 31.4 Å². The molecule has 1 amide bonds. The third kappa shape index (κ3) is 5.47. The molecule has 0 bridgehead atoms. The highest BCUT2D eigenvalue weighted by atomic mass is 19.3. The van der Waals surface area contributed by atoms with Crippen LogP contribution in [0.4, 0.5) is 14.5 Å². The summed E-state index contributed by atoms with van der Waals surface area (Å²) in [5.74, 6) is -4.20. The van der Waals surface area contributed by atoms with Gasteiger partial charge in [0, 0.05) is 18.2 Å². The van der Waals surface area contributed by atoms with E-state index in [4.69, 9.17) is 27.3 Å². The van der Waals surface area contributed by atoms with Crippen LogP contribution in [-0.4, -0.2) is 48.5 Å². The Hall–Kier alpha value is -3.08. The first-order valence-corrected chi connectivity index (χ1v) is 8.91. The van der Waals surface area contributed by atoms with Crippen molar-refractivity contribution in [1.82, 2.24) is 0 Å². The molecule has 1 fully saturated rings. The number of guanidine groups is 1. The molecule has 0 aliphatic heterocycles. The Bertz CT molecular complexity index is 855. The number of ether oxygens (including phenoxy) is 1. The highest BCUT2D eigenvalue weighted by molar-refractivity contribution is 6.67. The maximum absolute atomic E-state index is 13.8. The largest absolute Gasteiger partial charge is 0.496 e. The van der Waals surface area contributed by atoms with E-state index in [1.54, 1.807) is 18.2 Å². The highest BCUT2D eigenvalue weighted by Crippen LogP contribution is 2.33. The number of primary amides is 1. The maximum Gasteiger partial charge on any atom is 0.270 e. The second kappa shape index (κ2) is 8.95. The molecule has 2 atom stereocenters. The molecule has 1 aromatic carbocycles. The second-order valence-corrected chi connectivity index (χ2v) is 6.74. The van der Waals surface area contributed by atoms with Gasteiger partial charge in [0.15, 0.2) is 11.5 Å². The van der Waals surface area contributed by atoms with Crippen molar-refractivity contribution >= 4 is 29.1 Å². The van der Waals surface area contributed by atoms with E-state index in [0.29, 0.717) is 17.9 Å². The fraction of sp³-hybridized carbons (Fsp3) is 0.444. The van der Waals surface area contributed by atoms with Crippen LogP contribution in [0.15, 0.2) is 28.2 Å². The van der Waals surface area contributed by atoms with Gasteiger partial charge in [-0.1, -0.05) is 6.07 Å². The number of amides is 1. The molecule has 1 aromatic rings. The van der Waals surface area contributed by atoms with E-state index in [-0.39, 0.29) is 18.7 Å². The normalized spacial score (nSPS) is 22.1. The number of nitrogens with one attached hydrogen (secondary N) is 2.